The van der Waals surface area contributed by atoms with E-state index < -0.39 is 0 Å². The molecule has 2 fully saturated rings. The first kappa shape index (κ1) is 20.2. The van der Waals surface area contributed by atoms with Gasteiger partial charge in [0.1, 0.15) is 11.5 Å². The fraction of sp³-hybridized carbons (Fsp3) is 0.458. The summed E-state index contributed by atoms with van der Waals surface area (Å²) in [7, 11) is 0. The molecule has 0 aromatic heterocycles. The van der Waals surface area contributed by atoms with E-state index in [4.69, 9.17) is 16.3 Å². The molecule has 0 bridgehead atoms. The summed E-state index contributed by atoms with van der Waals surface area (Å²) in [6, 6.07) is 16.0. The maximum atomic E-state index is 12.6. The molecule has 2 aromatic carbocycles. The van der Waals surface area contributed by atoms with E-state index in [1.54, 1.807) is 0 Å². The van der Waals surface area contributed by atoms with Crippen molar-refractivity contribution in [1.82, 2.24) is 10.2 Å². The Kier molecular flexibility index (Phi) is 6.73. The first-order valence-electron chi connectivity index (χ1n) is 10.7. The molecule has 2 aliphatic rings. The lowest BCUT2D eigenvalue weighted by atomic mass is 10.0. The standard InChI is InChI=1S/C24H29ClN2O2/c25-20-9-11-22(12-10-20)29-23-8-4-3-7-19(23)17-26-21-13-15-27(16-14-21)24(28)18-5-1-2-6-18/h3-4,7-12,18,21,26H,1-2,5-6,13-17H2. The number of ether oxygens (including phenoxy) is 1. The van der Waals surface area contributed by atoms with Crippen LogP contribution in [0.4, 0.5) is 0 Å². The van der Waals surface area contributed by atoms with Crippen molar-refractivity contribution in [3.05, 3.63) is 59.1 Å². The number of nitrogens with one attached hydrogen (secondary N) is 1. The summed E-state index contributed by atoms with van der Waals surface area (Å²) in [6.45, 7) is 2.50. The molecule has 4 nitrogen and oxygen atoms in total. The molecule has 1 aliphatic heterocycles. The van der Waals surface area contributed by atoms with Crippen LogP contribution in [0.15, 0.2) is 48.5 Å². The summed E-state index contributed by atoms with van der Waals surface area (Å²) < 4.78 is 6.06. The minimum absolute atomic E-state index is 0.288. The Morgan fingerprint density at radius 1 is 1.00 bits per heavy atom. The van der Waals surface area contributed by atoms with Crippen LogP contribution in [0.25, 0.3) is 0 Å². The van der Waals surface area contributed by atoms with Crippen LogP contribution in [0, 0.1) is 5.92 Å². The lowest BCUT2D eigenvalue weighted by Gasteiger charge is -2.34. The molecule has 0 unspecified atom stereocenters. The van der Waals surface area contributed by atoms with Gasteiger partial charge in [-0.1, -0.05) is 42.6 Å². The fourth-order valence-electron chi connectivity index (χ4n) is 4.37. The third kappa shape index (κ3) is 5.31. The van der Waals surface area contributed by atoms with E-state index in [0.717, 1.165) is 62.4 Å². The number of hydrogen-bond donors (Lipinski definition) is 1. The van der Waals surface area contributed by atoms with Gasteiger partial charge in [-0.25, -0.2) is 0 Å². The predicted molar refractivity (Wildman–Crippen MR) is 116 cm³/mol. The van der Waals surface area contributed by atoms with E-state index in [1.807, 2.05) is 42.5 Å². The van der Waals surface area contributed by atoms with Gasteiger partial charge in [0, 0.05) is 42.2 Å². The van der Waals surface area contributed by atoms with Gasteiger partial charge in [-0.05, 0) is 56.0 Å². The SMILES string of the molecule is O=C(C1CCCC1)N1CCC(NCc2ccccc2Oc2ccc(Cl)cc2)CC1. The molecule has 154 valence electrons. The minimum Gasteiger partial charge on any atom is -0.457 e. The second-order valence-electron chi connectivity index (χ2n) is 8.13. The molecule has 1 heterocycles. The van der Waals surface area contributed by atoms with Crippen LogP contribution in [0.2, 0.25) is 5.02 Å². The molecule has 0 atom stereocenters. The first-order chi connectivity index (χ1) is 14.2. The molecule has 1 N–H and O–H groups in total. The van der Waals surface area contributed by atoms with E-state index in [-0.39, 0.29) is 5.92 Å². The second-order valence-corrected chi connectivity index (χ2v) is 8.56. The Hall–Kier alpha value is -2.04. The van der Waals surface area contributed by atoms with E-state index in [0.29, 0.717) is 17.0 Å². The van der Waals surface area contributed by atoms with Gasteiger partial charge >= 0.3 is 0 Å². The van der Waals surface area contributed by atoms with Gasteiger partial charge in [0.15, 0.2) is 0 Å². The molecule has 0 radical (unpaired) electrons. The fourth-order valence-corrected chi connectivity index (χ4v) is 4.49. The normalized spacial score (nSPS) is 18.2. The molecule has 29 heavy (non-hydrogen) atoms. The molecular formula is C24H29ClN2O2. The second kappa shape index (κ2) is 9.64. The zero-order chi connectivity index (χ0) is 20.1. The van der Waals surface area contributed by atoms with E-state index in [1.165, 1.54) is 12.8 Å². The van der Waals surface area contributed by atoms with Crippen LogP contribution < -0.4 is 10.1 Å². The number of carbonyl (C=O) groups is 1. The number of halogens is 1. The van der Waals surface area contributed by atoms with E-state index in [2.05, 4.69) is 16.3 Å². The zero-order valence-corrected chi connectivity index (χ0v) is 17.5. The molecule has 0 spiro atoms. The quantitative estimate of drug-likeness (QED) is 0.690. The third-order valence-electron chi connectivity index (χ3n) is 6.11. The Morgan fingerprint density at radius 2 is 1.69 bits per heavy atom. The average molecular weight is 413 g/mol. The molecular weight excluding hydrogens is 384 g/mol. The highest BCUT2D eigenvalue weighted by molar-refractivity contribution is 6.30. The van der Waals surface area contributed by atoms with Crippen molar-refractivity contribution >= 4 is 17.5 Å². The molecule has 1 saturated carbocycles. The minimum atomic E-state index is 0.288. The monoisotopic (exact) mass is 412 g/mol. The summed E-state index contributed by atoms with van der Waals surface area (Å²) >= 11 is 5.96. The van der Waals surface area contributed by atoms with Crippen molar-refractivity contribution in [3.63, 3.8) is 0 Å². The number of amides is 1. The van der Waals surface area contributed by atoms with Gasteiger partial charge in [-0.15, -0.1) is 0 Å². The van der Waals surface area contributed by atoms with Crippen molar-refractivity contribution < 1.29 is 9.53 Å². The molecule has 2 aromatic rings. The summed E-state index contributed by atoms with van der Waals surface area (Å²) in [5.74, 6) is 2.32. The number of para-hydroxylation sites is 1. The Labute approximate surface area is 178 Å². The predicted octanol–water partition coefficient (Wildman–Crippen LogP) is 5.40. The topological polar surface area (TPSA) is 41.6 Å². The number of hydrogen-bond acceptors (Lipinski definition) is 3. The summed E-state index contributed by atoms with van der Waals surface area (Å²) in [6.07, 6.45) is 6.62. The summed E-state index contributed by atoms with van der Waals surface area (Å²) in [5, 5.41) is 4.36. The number of benzene rings is 2. The molecule has 4 rings (SSSR count). The van der Waals surface area contributed by atoms with Crippen LogP contribution >= 0.6 is 11.6 Å². The number of likely N-dealkylation sites (tertiary alicyclic amines) is 1. The van der Waals surface area contributed by atoms with Crippen LogP contribution in [0.1, 0.15) is 44.1 Å². The molecule has 1 amide bonds. The summed E-state index contributed by atoms with van der Waals surface area (Å²) in [4.78, 5) is 14.7. The van der Waals surface area contributed by atoms with Gasteiger partial charge < -0.3 is 15.0 Å². The van der Waals surface area contributed by atoms with Crippen molar-refractivity contribution in [2.75, 3.05) is 13.1 Å². The highest BCUT2D eigenvalue weighted by atomic mass is 35.5. The van der Waals surface area contributed by atoms with Gasteiger partial charge in [0.25, 0.3) is 0 Å². The zero-order valence-electron chi connectivity index (χ0n) is 16.8. The summed E-state index contributed by atoms with van der Waals surface area (Å²) in [5.41, 5.74) is 1.13. The van der Waals surface area contributed by atoms with Crippen LogP contribution in [-0.2, 0) is 11.3 Å². The number of piperidine rings is 1. The smallest absolute Gasteiger partial charge is 0.225 e. The van der Waals surface area contributed by atoms with Gasteiger partial charge in [0.2, 0.25) is 5.91 Å². The molecule has 1 aliphatic carbocycles. The lowest BCUT2D eigenvalue weighted by molar-refractivity contribution is -0.136. The number of nitrogens with zero attached hydrogens (tertiary/aromatic N) is 1. The van der Waals surface area contributed by atoms with Crippen molar-refractivity contribution in [3.8, 4) is 11.5 Å². The van der Waals surface area contributed by atoms with Crippen LogP contribution in [0.3, 0.4) is 0 Å². The highest BCUT2D eigenvalue weighted by Gasteiger charge is 2.29. The van der Waals surface area contributed by atoms with Crippen molar-refractivity contribution in [1.29, 1.82) is 0 Å². The maximum absolute atomic E-state index is 12.6. The van der Waals surface area contributed by atoms with E-state index >= 15 is 0 Å². The number of rotatable bonds is 6. The van der Waals surface area contributed by atoms with Crippen LogP contribution in [0.5, 0.6) is 11.5 Å². The largest absolute Gasteiger partial charge is 0.457 e. The Morgan fingerprint density at radius 3 is 2.41 bits per heavy atom. The highest BCUT2D eigenvalue weighted by Crippen LogP contribution is 2.29. The third-order valence-corrected chi connectivity index (χ3v) is 6.36. The Bertz CT molecular complexity index is 810. The average Bonchev–Trinajstić information content (AvgIpc) is 3.30. The van der Waals surface area contributed by atoms with E-state index in [9.17, 15) is 4.79 Å². The maximum Gasteiger partial charge on any atom is 0.225 e. The van der Waals surface area contributed by atoms with Crippen molar-refractivity contribution in [2.45, 2.75) is 51.1 Å². The van der Waals surface area contributed by atoms with Crippen LogP contribution in [-0.4, -0.2) is 29.9 Å². The number of carbonyl (C=O) groups excluding carboxylic acids is 1. The van der Waals surface area contributed by atoms with Gasteiger partial charge in [0.05, 0.1) is 0 Å². The van der Waals surface area contributed by atoms with Crippen molar-refractivity contribution in [2.24, 2.45) is 5.92 Å². The van der Waals surface area contributed by atoms with Gasteiger partial charge in [-0.2, -0.15) is 0 Å². The lowest BCUT2D eigenvalue weighted by Crippen LogP contribution is -2.46. The molecule has 5 heteroatoms. The first-order valence-corrected chi connectivity index (χ1v) is 11.1. The van der Waals surface area contributed by atoms with Gasteiger partial charge in [-0.3, -0.25) is 4.79 Å². The Balaban J connectivity index is 1.28. The molecule has 1 saturated heterocycles.